The van der Waals surface area contributed by atoms with Crippen LogP contribution in [0.3, 0.4) is 0 Å². The predicted molar refractivity (Wildman–Crippen MR) is 76.4 cm³/mol. The Bertz CT molecular complexity index is 399. The summed E-state index contributed by atoms with van der Waals surface area (Å²) in [4.78, 5) is 0. The Morgan fingerprint density at radius 3 is 2.83 bits per heavy atom. The van der Waals surface area contributed by atoms with Crippen molar-refractivity contribution in [3.05, 3.63) is 0 Å². The van der Waals surface area contributed by atoms with Crippen LogP contribution < -0.4 is 5.32 Å². The zero-order valence-electron chi connectivity index (χ0n) is 11.1. The third kappa shape index (κ3) is 5.17. The van der Waals surface area contributed by atoms with Crippen molar-refractivity contribution in [2.24, 2.45) is 0 Å². The van der Waals surface area contributed by atoms with Gasteiger partial charge in [0.05, 0.1) is 11.8 Å². The van der Waals surface area contributed by atoms with Crippen LogP contribution in [0.4, 0.5) is 0 Å². The number of nitrogens with zero attached hydrogens (tertiary/aromatic N) is 1. The van der Waals surface area contributed by atoms with Gasteiger partial charge >= 0.3 is 0 Å². The van der Waals surface area contributed by atoms with E-state index >= 15 is 0 Å². The lowest BCUT2D eigenvalue weighted by Crippen LogP contribution is -2.48. The second-order valence-electron chi connectivity index (χ2n) is 4.94. The van der Waals surface area contributed by atoms with E-state index in [1.165, 1.54) is 6.26 Å². The number of thioether (sulfide) groups is 1. The van der Waals surface area contributed by atoms with Crippen LogP contribution >= 0.6 is 11.8 Å². The van der Waals surface area contributed by atoms with Gasteiger partial charge in [0.25, 0.3) is 0 Å². The topological polar surface area (TPSA) is 70.0 Å². The molecule has 1 aliphatic carbocycles. The molecule has 0 aromatic carbocycles. The van der Waals surface area contributed by atoms with Crippen molar-refractivity contribution in [1.82, 2.24) is 5.32 Å². The lowest BCUT2D eigenvalue weighted by atomic mass is 9.82. The third-order valence-corrected chi connectivity index (χ3v) is 5.76. The van der Waals surface area contributed by atoms with Gasteiger partial charge in [-0.1, -0.05) is 6.92 Å². The Morgan fingerprint density at radius 1 is 1.56 bits per heavy atom. The quantitative estimate of drug-likeness (QED) is 0.804. The molecule has 0 aliphatic heterocycles. The number of hydrogen-bond donors (Lipinski definition) is 1. The molecule has 0 spiro atoms. The number of hydrogen-bond acceptors (Lipinski definition) is 5. The highest BCUT2D eigenvalue weighted by Gasteiger charge is 2.35. The Morgan fingerprint density at radius 2 is 2.28 bits per heavy atom. The summed E-state index contributed by atoms with van der Waals surface area (Å²) in [6.45, 7) is 2.81. The van der Waals surface area contributed by atoms with Crippen LogP contribution in [0.1, 0.15) is 32.6 Å². The summed E-state index contributed by atoms with van der Waals surface area (Å²) < 4.78 is 22.2. The minimum atomic E-state index is -2.87. The molecule has 0 aromatic rings. The van der Waals surface area contributed by atoms with Crippen LogP contribution in [0.5, 0.6) is 0 Å². The lowest BCUT2D eigenvalue weighted by molar-refractivity contribution is 0.309. The maximum absolute atomic E-state index is 11.1. The number of sulfone groups is 1. The van der Waals surface area contributed by atoms with Gasteiger partial charge in [-0.25, -0.2) is 8.42 Å². The first kappa shape index (κ1) is 15.8. The van der Waals surface area contributed by atoms with Crippen LogP contribution in [0.2, 0.25) is 0 Å². The van der Waals surface area contributed by atoms with E-state index < -0.39 is 15.4 Å². The minimum absolute atomic E-state index is 0.231. The van der Waals surface area contributed by atoms with Crippen LogP contribution in [0.15, 0.2) is 0 Å². The van der Waals surface area contributed by atoms with E-state index in [-0.39, 0.29) is 5.75 Å². The maximum Gasteiger partial charge on any atom is 0.148 e. The summed E-state index contributed by atoms with van der Waals surface area (Å²) in [5.74, 6) is 0.867. The van der Waals surface area contributed by atoms with Crippen LogP contribution in [-0.4, -0.2) is 43.5 Å². The third-order valence-electron chi connectivity index (χ3n) is 3.24. The zero-order valence-corrected chi connectivity index (χ0v) is 12.7. The molecule has 0 aromatic heterocycles. The summed E-state index contributed by atoms with van der Waals surface area (Å²) in [6, 6.07) is 2.41. The van der Waals surface area contributed by atoms with Crippen molar-refractivity contribution in [1.29, 1.82) is 5.26 Å². The van der Waals surface area contributed by atoms with Gasteiger partial charge in [0, 0.05) is 17.3 Å². The molecule has 0 bridgehead atoms. The molecule has 6 heteroatoms. The highest BCUT2D eigenvalue weighted by atomic mass is 32.2. The molecule has 0 amide bonds. The SMILES string of the molecule is CCNC1(C#N)CCCC(SCCS(C)(=O)=O)C1. The highest BCUT2D eigenvalue weighted by Crippen LogP contribution is 2.34. The van der Waals surface area contributed by atoms with E-state index in [0.29, 0.717) is 11.0 Å². The van der Waals surface area contributed by atoms with Crippen molar-refractivity contribution in [2.45, 2.75) is 43.4 Å². The van der Waals surface area contributed by atoms with E-state index in [4.69, 9.17) is 0 Å². The molecule has 1 aliphatic rings. The molecule has 18 heavy (non-hydrogen) atoms. The average Bonchev–Trinajstić information content (AvgIpc) is 2.28. The highest BCUT2D eigenvalue weighted by molar-refractivity contribution is 8.01. The molecule has 2 unspecified atom stereocenters. The van der Waals surface area contributed by atoms with Crippen LogP contribution in [0.25, 0.3) is 0 Å². The summed E-state index contributed by atoms with van der Waals surface area (Å²) in [5.41, 5.74) is -0.393. The zero-order chi connectivity index (χ0) is 13.6. The molecule has 1 saturated carbocycles. The number of nitrogens with one attached hydrogen (secondary N) is 1. The Hall–Kier alpha value is -0.250. The molecular formula is C12H22N2O2S2. The molecule has 4 nitrogen and oxygen atoms in total. The van der Waals surface area contributed by atoms with Crippen molar-refractivity contribution < 1.29 is 8.42 Å². The van der Waals surface area contributed by atoms with Crippen molar-refractivity contribution in [2.75, 3.05) is 24.3 Å². The van der Waals surface area contributed by atoms with Crippen LogP contribution in [-0.2, 0) is 9.84 Å². The summed E-state index contributed by atoms with van der Waals surface area (Å²) in [6.07, 6.45) is 5.12. The molecule has 1 fully saturated rings. The molecule has 2 atom stereocenters. The summed E-state index contributed by atoms with van der Waals surface area (Å²) in [5, 5.41) is 13.0. The fourth-order valence-electron chi connectivity index (χ4n) is 2.37. The predicted octanol–water partition coefficient (Wildman–Crippen LogP) is 1.58. The molecule has 0 saturated heterocycles. The number of nitriles is 1. The van der Waals surface area contributed by atoms with Gasteiger partial charge in [0.2, 0.25) is 0 Å². The van der Waals surface area contributed by atoms with E-state index in [1.54, 1.807) is 11.8 Å². The van der Waals surface area contributed by atoms with Crippen molar-refractivity contribution in [3.8, 4) is 6.07 Å². The molecule has 1 rings (SSSR count). The Labute approximate surface area is 114 Å². The Balaban J connectivity index is 2.46. The van der Waals surface area contributed by atoms with E-state index in [1.807, 2.05) is 6.92 Å². The first-order valence-corrected chi connectivity index (χ1v) is 9.47. The smallest absolute Gasteiger partial charge is 0.148 e. The second-order valence-corrected chi connectivity index (χ2v) is 8.61. The largest absolute Gasteiger partial charge is 0.300 e. The monoisotopic (exact) mass is 290 g/mol. The first-order valence-electron chi connectivity index (χ1n) is 6.36. The fourth-order valence-corrected chi connectivity index (χ4v) is 5.04. The van der Waals surface area contributed by atoms with Gasteiger partial charge in [-0.15, -0.1) is 0 Å². The first-order chi connectivity index (χ1) is 8.41. The van der Waals surface area contributed by atoms with Crippen molar-refractivity contribution >= 4 is 21.6 Å². The van der Waals surface area contributed by atoms with Gasteiger partial charge in [-0.05, 0) is 32.2 Å². The molecule has 0 radical (unpaired) electrons. The minimum Gasteiger partial charge on any atom is -0.300 e. The maximum atomic E-state index is 11.1. The van der Waals surface area contributed by atoms with Gasteiger partial charge in [0.1, 0.15) is 15.4 Å². The normalized spacial score (nSPS) is 28.8. The van der Waals surface area contributed by atoms with Crippen LogP contribution in [0, 0.1) is 11.3 Å². The standard InChI is InChI=1S/C12H22N2O2S2/c1-3-14-12(10-13)6-4-5-11(9-12)17-7-8-18(2,15)16/h11,14H,3-9H2,1-2H3. The molecule has 0 heterocycles. The van der Waals surface area contributed by atoms with E-state index in [2.05, 4.69) is 11.4 Å². The number of rotatable bonds is 6. The molecule has 1 N–H and O–H groups in total. The molecular weight excluding hydrogens is 268 g/mol. The van der Waals surface area contributed by atoms with Gasteiger partial charge in [-0.3, -0.25) is 5.32 Å². The average molecular weight is 290 g/mol. The van der Waals surface area contributed by atoms with Gasteiger partial charge < -0.3 is 0 Å². The summed E-state index contributed by atoms with van der Waals surface area (Å²) in [7, 11) is -2.87. The molecule has 104 valence electrons. The van der Waals surface area contributed by atoms with Gasteiger partial charge in [-0.2, -0.15) is 17.0 Å². The van der Waals surface area contributed by atoms with E-state index in [9.17, 15) is 13.7 Å². The van der Waals surface area contributed by atoms with Gasteiger partial charge in [0.15, 0.2) is 0 Å². The Kier molecular flexibility index (Phi) is 5.96. The van der Waals surface area contributed by atoms with E-state index in [0.717, 1.165) is 32.2 Å². The fraction of sp³-hybridized carbons (Fsp3) is 0.917. The lowest BCUT2D eigenvalue weighted by Gasteiger charge is -2.36. The summed E-state index contributed by atoms with van der Waals surface area (Å²) >= 11 is 1.70. The second kappa shape index (κ2) is 6.78. The van der Waals surface area contributed by atoms with Crippen molar-refractivity contribution in [3.63, 3.8) is 0 Å².